The van der Waals surface area contributed by atoms with Gasteiger partial charge in [0.15, 0.2) is 5.76 Å². The Morgan fingerprint density at radius 3 is 2.92 bits per heavy atom. The molecule has 2 amide bonds. The first-order valence-corrected chi connectivity index (χ1v) is 7.69. The predicted octanol–water partition coefficient (Wildman–Crippen LogP) is 0.880. The van der Waals surface area contributed by atoms with Gasteiger partial charge in [-0.3, -0.25) is 14.6 Å². The van der Waals surface area contributed by atoms with E-state index in [1.54, 1.807) is 24.5 Å². The summed E-state index contributed by atoms with van der Waals surface area (Å²) in [6, 6.07) is 2.79. The van der Waals surface area contributed by atoms with E-state index in [0.717, 1.165) is 0 Å². The molecule has 0 spiro atoms. The van der Waals surface area contributed by atoms with E-state index in [4.69, 9.17) is 10.3 Å². The van der Waals surface area contributed by atoms with Crippen LogP contribution in [0.15, 0.2) is 29.0 Å². The largest absolute Gasteiger partial charge is 0.385 e. The van der Waals surface area contributed by atoms with Gasteiger partial charge in [-0.2, -0.15) is 0 Å². The van der Waals surface area contributed by atoms with Crippen molar-refractivity contribution in [2.75, 3.05) is 6.54 Å². The predicted molar refractivity (Wildman–Crippen MR) is 83.6 cm³/mol. The molecule has 8 heteroatoms. The Balaban J connectivity index is 2.07. The molecule has 1 fully saturated rings. The number of carbonyl (C=O) groups is 2. The number of carbonyl (C=O) groups excluding carboxylic acids is 2. The fourth-order valence-electron chi connectivity index (χ4n) is 2.94. The van der Waals surface area contributed by atoms with E-state index in [1.807, 2.05) is 0 Å². The van der Waals surface area contributed by atoms with Crippen molar-refractivity contribution in [3.05, 3.63) is 35.9 Å². The minimum Gasteiger partial charge on any atom is -0.385 e. The van der Waals surface area contributed by atoms with E-state index in [1.165, 1.54) is 11.8 Å². The zero-order valence-electron chi connectivity index (χ0n) is 13.2. The van der Waals surface area contributed by atoms with Crippen molar-refractivity contribution in [1.29, 1.82) is 0 Å². The second kappa shape index (κ2) is 6.40. The Labute approximate surface area is 138 Å². The molecule has 0 aliphatic carbocycles. The number of hydrogen-bond acceptors (Lipinski definition) is 6. The maximum atomic E-state index is 13.0. The summed E-state index contributed by atoms with van der Waals surface area (Å²) in [5.74, 6) is -0.903. The summed E-state index contributed by atoms with van der Waals surface area (Å²) in [5.41, 5.74) is 6.42. The summed E-state index contributed by atoms with van der Waals surface area (Å²) in [6.07, 6.45) is 3.35. The Bertz CT molecular complexity index is 757. The van der Waals surface area contributed by atoms with E-state index in [2.05, 4.69) is 10.1 Å². The van der Waals surface area contributed by atoms with E-state index in [-0.39, 0.29) is 11.3 Å². The van der Waals surface area contributed by atoms with E-state index in [9.17, 15) is 14.7 Å². The second-order valence-electron chi connectivity index (χ2n) is 5.75. The minimum atomic E-state index is -1.02. The average molecular weight is 330 g/mol. The van der Waals surface area contributed by atoms with Crippen molar-refractivity contribution in [3.8, 4) is 11.3 Å². The highest BCUT2D eigenvalue weighted by molar-refractivity contribution is 6.03. The fraction of sp³-hybridized carbons (Fsp3) is 0.375. The van der Waals surface area contributed by atoms with Gasteiger partial charge in [-0.15, -0.1) is 0 Å². The molecule has 3 N–H and O–H groups in total. The van der Waals surface area contributed by atoms with E-state index in [0.29, 0.717) is 30.6 Å². The number of pyridine rings is 1. The van der Waals surface area contributed by atoms with Crippen molar-refractivity contribution in [2.45, 2.75) is 31.9 Å². The van der Waals surface area contributed by atoms with Crippen LogP contribution < -0.4 is 5.73 Å². The van der Waals surface area contributed by atoms with Crippen LogP contribution in [0.1, 0.15) is 42.0 Å². The number of nitrogens with zero attached hydrogens (tertiary/aromatic N) is 3. The van der Waals surface area contributed by atoms with Crippen LogP contribution in [0.3, 0.4) is 0 Å². The van der Waals surface area contributed by atoms with Crippen LogP contribution >= 0.6 is 0 Å². The lowest BCUT2D eigenvalue weighted by Gasteiger charge is -2.22. The number of likely N-dealkylation sites (tertiary alicyclic amines) is 1. The van der Waals surface area contributed by atoms with Gasteiger partial charge in [-0.05, 0) is 31.9 Å². The number of amides is 2. The smallest absolute Gasteiger partial charge is 0.260 e. The van der Waals surface area contributed by atoms with Gasteiger partial charge in [0.05, 0.1) is 0 Å². The van der Waals surface area contributed by atoms with Crippen LogP contribution in [-0.2, 0) is 4.79 Å². The van der Waals surface area contributed by atoms with Crippen LogP contribution in [0.2, 0.25) is 0 Å². The quantitative estimate of drug-likeness (QED) is 0.858. The molecule has 0 radical (unpaired) electrons. The summed E-state index contributed by atoms with van der Waals surface area (Å²) in [6.45, 7) is 1.91. The molecule has 8 nitrogen and oxygen atoms in total. The Kier molecular flexibility index (Phi) is 4.30. The highest BCUT2D eigenvalue weighted by atomic mass is 16.5. The van der Waals surface area contributed by atoms with Crippen molar-refractivity contribution >= 4 is 11.8 Å². The topological polar surface area (TPSA) is 123 Å². The van der Waals surface area contributed by atoms with E-state index >= 15 is 0 Å². The van der Waals surface area contributed by atoms with Gasteiger partial charge < -0.3 is 20.3 Å². The standard InChI is InChI=1S/C16H18N4O4/c1-9(21)14-12(13(19-24-14)10-4-2-6-18-8-10)16(23)20-7-3-5-11(20)15(17)22/h2,4,6,8-9,11,21H,3,5,7H2,1H3,(H2,17,22). The number of aliphatic hydroxyl groups is 1. The molecule has 0 saturated carbocycles. The lowest BCUT2D eigenvalue weighted by molar-refractivity contribution is -0.121. The highest BCUT2D eigenvalue weighted by Crippen LogP contribution is 2.31. The molecule has 3 rings (SSSR count). The third-order valence-electron chi connectivity index (χ3n) is 4.09. The zero-order chi connectivity index (χ0) is 17.3. The van der Waals surface area contributed by atoms with Gasteiger partial charge >= 0.3 is 0 Å². The Hall–Kier alpha value is -2.74. The van der Waals surface area contributed by atoms with Gasteiger partial charge in [0.1, 0.15) is 23.4 Å². The highest BCUT2D eigenvalue weighted by Gasteiger charge is 2.37. The van der Waals surface area contributed by atoms with Crippen LogP contribution in [0.25, 0.3) is 11.3 Å². The van der Waals surface area contributed by atoms with Crippen molar-refractivity contribution in [2.24, 2.45) is 5.73 Å². The van der Waals surface area contributed by atoms with Gasteiger partial charge in [-0.1, -0.05) is 5.16 Å². The molecule has 24 heavy (non-hydrogen) atoms. The maximum absolute atomic E-state index is 13.0. The van der Waals surface area contributed by atoms with Crippen molar-refractivity contribution in [1.82, 2.24) is 15.0 Å². The molecular weight excluding hydrogens is 312 g/mol. The molecule has 2 unspecified atom stereocenters. The molecule has 1 saturated heterocycles. The number of aliphatic hydroxyl groups excluding tert-OH is 1. The van der Waals surface area contributed by atoms with Gasteiger partial charge in [-0.25, -0.2) is 0 Å². The normalized spacial score (nSPS) is 18.6. The van der Waals surface area contributed by atoms with Crippen LogP contribution in [0.4, 0.5) is 0 Å². The molecule has 2 aromatic heterocycles. The monoisotopic (exact) mass is 330 g/mol. The van der Waals surface area contributed by atoms with Gasteiger partial charge in [0.25, 0.3) is 5.91 Å². The lowest BCUT2D eigenvalue weighted by atomic mass is 10.0. The van der Waals surface area contributed by atoms with Gasteiger partial charge in [0.2, 0.25) is 5.91 Å². The second-order valence-corrected chi connectivity index (χ2v) is 5.75. The SMILES string of the molecule is CC(O)c1onc(-c2cccnc2)c1C(=O)N1CCCC1C(N)=O. The fourth-order valence-corrected chi connectivity index (χ4v) is 2.94. The summed E-state index contributed by atoms with van der Waals surface area (Å²) in [7, 11) is 0. The first-order valence-electron chi connectivity index (χ1n) is 7.69. The van der Waals surface area contributed by atoms with Crippen LogP contribution in [0, 0.1) is 0 Å². The molecule has 126 valence electrons. The summed E-state index contributed by atoms with van der Waals surface area (Å²) in [5, 5.41) is 13.9. The number of nitrogens with two attached hydrogens (primary N) is 1. The maximum Gasteiger partial charge on any atom is 0.260 e. The molecule has 1 aliphatic heterocycles. The van der Waals surface area contributed by atoms with Crippen LogP contribution in [-0.4, -0.2) is 44.5 Å². The third-order valence-corrected chi connectivity index (χ3v) is 4.09. The molecule has 1 aliphatic rings. The molecule has 0 bridgehead atoms. The number of primary amides is 1. The Morgan fingerprint density at radius 2 is 2.29 bits per heavy atom. The first kappa shape index (κ1) is 16.1. The number of hydrogen-bond donors (Lipinski definition) is 2. The molecule has 2 atom stereocenters. The summed E-state index contributed by atoms with van der Waals surface area (Å²) < 4.78 is 5.20. The summed E-state index contributed by atoms with van der Waals surface area (Å²) >= 11 is 0. The third kappa shape index (κ3) is 2.76. The molecule has 3 heterocycles. The minimum absolute atomic E-state index is 0.0639. The lowest BCUT2D eigenvalue weighted by Crippen LogP contribution is -2.44. The van der Waals surface area contributed by atoms with Gasteiger partial charge in [0, 0.05) is 24.5 Å². The molecular formula is C16H18N4O4. The average Bonchev–Trinajstić information content (AvgIpc) is 3.22. The zero-order valence-corrected chi connectivity index (χ0v) is 13.2. The summed E-state index contributed by atoms with van der Waals surface area (Å²) in [4.78, 5) is 30.0. The van der Waals surface area contributed by atoms with E-state index < -0.39 is 24.0 Å². The number of rotatable bonds is 4. The van der Waals surface area contributed by atoms with Crippen molar-refractivity contribution in [3.63, 3.8) is 0 Å². The molecule has 2 aromatic rings. The molecule has 0 aromatic carbocycles. The van der Waals surface area contributed by atoms with Crippen molar-refractivity contribution < 1.29 is 19.2 Å². The Morgan fingerprint density at radius 1 is 1.50 bits per heavy atom. The van der Waals surface area contributed by atoms with Crippen LogP contribution in [0.5, 0.6) is 0 Å². The first-order chi connectivity index (χ1) is 11.5. The number of aromatic nitrogens is 2.